The molecule has 1 saturated heterocycles. The van der Waals surface area contributed by atoms with Crippen molar-refractivity contribution in [1.82, 2.24) is 14.9 Å². The monoisotopic (exact) mass is 509 g/mol. The number of aromatic nitrogens is 2. The van der Waals surface area contributed by atoms with Crippen LogP contribution in [0.5, 0.6) is 5.88 Å². The quantitative estimate of drug-likeness (QED) is 0.429. The fraction of sp³-hybridized carbons (Fsp3) is 0.360. The molecular formula is C25H27N5O5S. The summed E-state index contributed by atoms with van der Waals surface area (Å²) in [5, 5.41) is 16.5. The lowest BCUT2D eigenvalue weighted by molar-refractivity contribution is -0.185. The van der Waals surface area contributed by atoms with E-state index in [1.807, 2.05) is 12.1 Å². The van der Waals surface area contributed by atoms with Crippen LogP contribution in [0.25, 0.3) is 11.0 Å². The van der Waals surface area contributed by atoms with Gasteiger partial charge >= 0.3 is 6.09 Å². The molecule has 2 aromatic heterocycles. The first kappa shape index (κ1) is 24.3. The van der Waals surface area contributed by atoms with Crippen LogP contribution < -0.4 is 15.4 Å². The Labute approximate surface area is 212 Å². The normalized spacial score (nSPS) is 17.2. The summed E-state index contributed by atoms with van der Waals surface area (Å²) in [6.45, 7) is 2.00. The molecule has 0 bridgehead atoms. The summed E-state index contributed by atoms with van der Waals surface area (Å²) in [5.41, 5.74) is 3.50. The van der Waals surface area contributed by atoms with Gasteiger partial charge in [0.2, 0.25) is 17.6 Å². The number of nitrogens with one attached hydrogen (secondary N) is 2. The van der Waals surface area contributed by atoms with E-state index in [-0.39, 0.29) is 5.91 Å². The summed E-state index contributed by atoms with van der Waals surface area (Å²) in [5.74, 6) is -0.662. The van der Waals surface area contributed by atoms with Crippen molar-refractivity contribution in [2.24, 2.45) is 0 Å². The van der Waals surface area contributed by atoms with Gasteiger partial charge in [0.25, 0.3) is 0 Å². The highest BCUT2D eigenvalue weighted by molar-refractivity contribution is 8.00. The Hall–Kier alpha value is -3.41. The first-order valence-electron chi connectivity index (χ1n) is 11.7. The number of aliphatic hydroxyl groups is 1. The fourth-order valence-corrected chi connectivity index (χ4v) is 5.12. The molecule has 2 amide bonds. The smallest absolute Gasteiger partial charge is 0.414 e. The van der Waals surface area contributed by atoms with Crippen molar-refractivity contribution in [2.45, 2.75) is 29.9 Å². The Morgan fingerprint density at radius 3 is 2.89 bits per heavy atom. The van der Waals surface area contributed by atoms with Gasteiger partial charge in [-0.1, -0.05) is 6.07 Å². The Bertz CT molecular complexity index is 1300. The van der Waals surface area contributed by atoms with E-state index in [1.165, 1.54) is 7.11 Å². The van der Waals surface area contributed by atoms with Crippen LogP contribution in [-0.2, 0) is 16.0 Å². The molecule has 188 valence electrons. The third kappa shape index (κ3) is 5.53. The molecule has 3 N–H and O–H groups in total. The molecule has 0 atom stereocenters. The number of amides is 2. The lowest BCUT2D eigenvalue weighted by atomic mass is 10.0. The van der Waals surface area contributed by atoms with Crippen molar-refractivity contribution in [2.75, 3.05) is 43.1 Å². The number of likely N-dealkylation sites (tertiary alicyclic amines) is 1. The predicted molar refractivity (Wildman–Crippen MR) is 136 cm³/mol. The van der Waals surface area contributed by atoms with Crippen molar-refractivity contribution in [3.63, 3.8) is 0 Å². The Balaban J connectivity index is 1.13. The van der Waals surface area contributed by atoms with Crippen LogP contribution in [-0.4, -0.2) is 70.3 Å². The van der Waals surface area contributed by atoms with Crippen LogP contribution in [0.3, 0.4) is 0 Å². The van der Waals surface area contributed by atoms with Crippen LogP contribution in [0.15, 0.2) is 47.5 Å². The molecule has 0 saturated carbocycles. The van der Waals surface area contributed by atoms with E-state index in [4.69, 9.17) is 9.47 Å². The van der Waals surface area contributed by atoms with Gasteiger partial charge in [0, 0.05) is 49.6 Å². The van der Waals surface area contributed by atoms with Gasteiger partial charge in [-0.05, 0) is 36.2 Å². The predicted octanol–water partition coefficient (Wildman–Crippen LogP) is 3.26. The van der Waals surface area contributed by atoms with Crippen molar-refractivity contribution in [1.29, 1.82) is 0 Å². The second kappa shape index (κ2) is 10.3. The highest BCUT2D eigenvalue weighted by atomic mass is 32.2. The number of fused-ring (bicyclic) bond motifs is 2. The molecule has 36 heavy (non-hydrogen) atoms. The average Bonchev–Trinajstić information content (AvgIpc) is 2.88. The summed E-state index contributed by atoms with van der Waals surface area (Å²) in [7, 11) is 1.51. The summed E-state index contributed by atoms with van der Waals surface area (Å²) < 4.78 is 10.6. The zero-order valence-corrected chi connectivity index (χ0v) is 20.6. The SMILES string of the molecule is COc1ccc2nccc(NC(=O)OC3(O)CCN(CCc4ccc5c(c4)NC(=O)CS5)CC3)c2n1. The van der Waals surface area contributed by atoms with E-state index in [0.29, 0.717) is 54.3 Å². The molecule has 5 rings (SSSR count). The number of pyridine rings is 2. The van der Waals surface area contributed by atoms with Crippen LogP contribution in [0.2, 0.25) is 0 Å². The number of ether oxygens (including phenoxy) is 2. The number of rotatable bonds is 6. The molecule has 2 aliphatic heterocycles. The first-order chi connectivity index (χ1) is 17.4. The molecule has 1 fully saturated rings. The summed E-state index contributed by atoms with van der Waals surface area (Å²) >= 11 is 1.55. The van der Waals surface area contributed by atoms with Gasteiger partial charge < -0.3 is 24.8 Å². The van der Waals surface area contributed by atoms with Gasteiger partial charge in [0.05, 0.1) is 29.8 Å². The van der Waals surface area contributed by atoms with Crippen molar-refractivity contribution in [3.8, 4) is 5.88 Å². The van der Waals surface area contributed by atoms with Gasteiger partial charge in [-0.25, -0.2) is 9.78 Å². The van der Waals surface area contributed by atoms with Gasteiger partial charge in [-0.15, -0.1) is 11.8 Å². The highest BCUT2D eigenvalue weighted by Crippen LogP contribution is 2.32. The van der Waals surface area contributed by atoms with Gasteiger partial charge in [-0.2, -0.15) is 0 Å². The third-order valence-corrected chi connectivity index (χ3v) is 7.39. The minimum Gasteiger partial charge on any atom is -0.481 e. The highest BCUT2D eigenvalue weighted by Gasteiger charge is 2.36. The number of benzene rings is 1. The molecule has 4 heterocycles. The van der Waals surface area contributed by atoms with Crippen molar-refractivity contribution < 1.29 is 24.2 Å². The second-order valence-corrected chi connectivity index (χ2v) is 9.82. The van der Waals surface area contributed by atoms with Gasteiger partial charge in [0.15, 0.2) is 0 Å². The Kier molecular flexibility index (Phi) is 6.95. The minimum absolute atomic E-state index is 0.0251. The van der Waals surface area contributed by atoms with Gasteiger partial charge in [-0.3, -0.25) is 15.1 Å². The maximum absolute atomic E-state index is 12.6. The molecule has 11 heteroatoms. The molecule has 3 aromatic rings. The van der Waals surface area contributed by atoms with Crippen LogP contribution >= 0.6 is 11.8 Å². The number of carbonyl (C=O) groups excluding carboxylic acids is 2. The zero-order valence-electron chi connectivity index (χ0n) is 19.8. The fourth-order valence-electron chi connectivity index (χ4n) is 4.33. The third-order valence-electron chi connectivity index (χ3n) is 6.32. The van der Waals surface area contributed by atoms with Crippen LogP contribution in [0, 0.1) is 0 Å². The van der Waals surface area contributed by atoms with E-state index in [2.05, 4.69) is 31.6 Å². The largest absolute Gasteiger partial charge is 0.481 e. The summed E-state index contributed by atoms with van der Waals surface area (Å²) in [4.78, 5) is 36.2. The van der Waals surface area contributed by atoms with E-state index >= 15 is 0 Å². The number of thioether (sulfide) groups is 1. The first-order valence-corrected chi connectivity index (χ1v) is 12.7. The van der Waals surface area contributed by atoms with Gasteiger partial charge in [0.1, 0.15) is 5.52 Å². The summed E-state index contributed by atoms with van der Waals surface area (Å²) in [6.07, 6.45) is 2.24. The zero-order chi connectivity index (χ0) is 25.1. The number of methoxy groups -OCH3 is 1. The van der Waals surface area contributed by atoms with Crippen LogP contribution in [0.4, 0.5) is 16.2 Å². The Morgan fingerprint density at radius 2 is 2.08 bits per heavy atom. The number of nitrogens with zero attached hydrogens (tertiary/aromatic N) is 3. The molecule has 2 aliphatic rings. The number of piperidine rings is 1. The van der Waals surface area contributed by atoms with E-state index in [1.54, 1.807) is 36.2 Å². The van der Waals surface area contributed by atoms with E-state index < -0.39 is 11.9 Å². The molecule has 10 nitrogen and oxygen atoms in total. The number of anilines is 2. The number of hydrogen-bond acceptors (Lipinski definition) is 9. The maximum atomic E-state index is 12.6. The number of hydrogen-bond donors (Lipinski definition) is 3. The molecule has 0 radical (unpaired) electrons. The minimum atomic E-state index is -1.54. The standard InChI is InChI=1S/C25H27N5O5S/c1-34-22-5-3-17-23(29-22)18(6-10-26-17)28-24(32)35-25(33)8-12-30(13-9-25)11-7-16-2-4-20-19(14-16)27-21(31)15-36-20/h2-6,10,14,33H,7-9,11-13,15H2,1H3,(H,27,31)(H,26,28,32). The molecule has 0 spiro atoms. The second-order valence-electron chi connectivity index (χ2n) is 8.80. The lowest BCUT2D eigenvalue weighted by Gasteiger charge is -2.37. The molecule has 0 unspecified atom stereocenters. The molecule has 0 aliphatic carbocycles. The number of carbonyl (C=O) groups is 2. The van der Waals surface area contributed by atoms with Crippen molar-refractivity contribution in [3.05, 3.63) is 48.2 Å². The summed E-state index contributed by atoms with van der Waals surface area (Å²) in [6, 6.07) is 11.2. The average molecular weight is 510 g/mol. The Morgan fingerprint density at radius 1 is 1.25 bits per heavy atom. The topological polar surface area (TPSA) is 126 Å². The molecular weight excluding hydrogens is 482 g/mol. The van der Waals surface area contributed by atoms with E-state index in [0.717, 1.165) is 29.1 Å². The van der Waals surface area contributed by atoms with Crippen molar-refractivity contribution >= 4 is 46.2 Å². The lowest BCUT2D eigenvalue weighted by Crippen LogP contribution is -2.48. The van der Waals surface area contributed by atoms with E-state index in [9.17, 15) is 14.7 Å². The molecule has 1 aromatic carbocycles. The van der Waals surface area contributed by atoms with Crippen LogP contribution in [0.1, 0.15) is 18.4 Å². The maximum Gasteiger partial charge on any atom is 0.414 e.